The van der Waals surface area contributed by atoms with Gasteiger partial charge in [0, 0.05) is 18.2 Å². The number of hydrogen-bond donors (Lipinski definition) is 0. The van der Waals surface area contributed by atoms with Gasteiger partial charge in [-0.15, -0.1) is 0 Å². The third-order valence-electron chi connectivity index (χ3n) is 2.99. The first-order valence-electron chi connectivity index (χ1n) is 7.15. The molecule has 0 saturated heterocycles. The molecule has 0 radical (unpaired) electrons. The molecule has 0 amide bonds. The maximum absolute atomic E-state index is 6.19. The van der Waals surface area contributed by atoms with E-state index in [4.69, 9.17) is 25.8 Å². The van der Waals surface area contributed by atoms with Crippen LogP contribution in [0.2, 0.25) is 5.02 Å². The third-order valence-corrected chi connectivity index (χ3v) is 3.40. The summed E-state index contributed by atoms with van der Waals surface area (Å²) in [6, 6.07) is 3.96. The first-order valence-corrected chi connectivity index (χ1v) is 7.53. The van der Waals surface area contributed by atoms with Crippen LogP contribution in [0.4, 0.5) is 0 Å². The Kier molecular flexibility index (Phi) is 7.35. The molecule has 1 aromatic rings. The molecule has 4 heteroatoms. The second kappa shape index (κ2) is 8.50. The van der Waals surface area contributed by atoms with Crippen LogP contribution in [0.25, 0.3) is 0 Å². The summed E-state index contributed by atoms with van der Waals surface area (Å²) in [6.45, 7) is 11.7. The van der Waals surface area contributed by atoms with E-state index in [1.165, 1.54) is 0 Å². The van der Waals surface area contributed by atoms with Crippen molar-refractivity contribution in [1.29, 1.82) is 0 Å². The Labute approximate surface area is 127 Å². The van der Waals surface area contributed by atoms with Crippen LogP contribution in [0, 0.1) is 6.92 Å². The normalized spacial score (nSPS) is 11.4. The van der Waals surface area contributed by atoms with E-state index in [1.807, 2.05) is 32.9 Å². The smallest absolute Gasteiger partial charge is 0.191 e. The van der Waals surface area contributed by atoms with Gasteiger partial charge in [-0.2, -0.15) is 0 Å². The summed E-state index contributed by atoms with van der Waals surface area (Å²) in [4.78, 5) is 0. The van der Waals surface area contributed by atoms with Crippen molar-refractivity contribution >= 4 is 11.6 Å². The lowest BCUT2D eigenvalue weighted by Gasteiger charge is -2.20. The number of hydrogen-bond acceptors (Lipinski definition) is 3. The predicted molar refractivity (Wildman–Crippen MR) is 82.8 cm³/mol. The molecule has 0 unspecified atom stereocenters. The van der Waals surface area contributed by atoms with Crippen LogP contribution >= 0.6 is 11.6 Å². The Bertz CT molecular complexity index is 412. The molecule has 0 heterocycles. The quantitative estimate of drug-likeness (QED) is 0.659. The highest BCUT2D eigenvalue weighted by molar-refractivity contribution is 6.31. The molecule has 3 nitrogen and oxygen atoms in total. The molecule has 0 N–H and O–H groups in total. The Morgan fingerprint density at radius 2 is 1.70 bits per heavy atom. The highest BCUT2D eigenvalue weighted by Gasteiger charge is 2.14. The molecule has 1 rings (SSSR count). The number of aryl methyl sites for hydroxylation is 1. The fourth-order valence-corrected chi connectivity index (χ4v) is 2.09. The minimum absolute atomic E-state index is 0.332. The average molecular weight is 301 g/mol. The molecule has 0 aliphatic carbocycles. The molecule has 0 saturated carbocycles. The lowest BCUT2D eigenvalue weighted by molar-refractivity contribution is -0.152. The average Bonchev–Trinajstić information content (AvgIpc) is 2.39. The Morgan fingerprint density at radius 1 is 1.10 bits per heavy atom. The van der Waals surface area contributed by atoms with Crippen molar-refractivity contribution in [2.24, 2.45) is 0 Å². The minimum Gasteiger partial charge on any atom is -0.488 e. The van der Waals surface area contributed by atoms with Gasteiger partial charge in [-0.1, -0.05) is 25.4 Å². The lowest BCUT2D eigenvalue weighted by Crippen LogP contribution is -2.25. The first-order chi connectivity index (χ1) is 9.49. The molecule has 0 aliphatic heterocycles. The van der Waals surface area contributed by atoms with Gasteiger partial charge in [0.1, 0.15) is 12.4 Å². The molecule has 0 aliphatic rings. The summed E-state index contributed by atoms with van der Waals surface area (Å²) in [6.07, 6.45) is -0.332. The highest BCUT2D eigenvalue weighted by atomic mass is 35.5. The van der Waals surface area contributed by atoms with Crippen LogP contribution in [-0.2, 0) is 9.47 Å². The molecular weight excluding hydrogens is 276 g/mol. The van der Waals surface area contributed by atoms with Crippen molar-refractivity contribution < 1.29 is 14.2 Å². The van der Waals surface area contributed by atoms with Gasteiger partial charge in [0.2, 0.25) is 0 Å². The van der Waals surface area contributed by atoms with Gasteiger partial charge in [-0.3, -0.25) is 0 Å². The van der Waals surface area contributed by atoms with Crippen LogP contribution in [-0.4, -0.2) is 26.1 Å². The fraction of sp³-hybridized carbons (Fsp3) is 0.625. The molecule has 1 aromatic carbocycles. The Hall–Kier alpha value is -0.770. The van der Waals surface area contributed by atoms with Gasteiger partial charge in [0.15, 0.2) is 6.29 Å². The van der Waals surface area contributed by atoms with Crippen molar-refractivity contribution in [3.63, 3.8) is 0 Å². The SMILES string of the molecule is CCOC(COc1cc(C)c(Cl)cc1C(C)C)OCC. The zero-order valence-corrected chi connectivity index (χ0v) is 13.8. The van der Waals surface area contributed by atoms with Gasteiger partial charge in [0.25, 0.3) is 0 Å². The first kappa shape index (κ1) is 17.3. The molecule has 0 aromatic heterocycles. The molecule has 0 fully saturated rings. The maximum atomic E-state index is 6.19. The van der Waals surface area contributed by atoms with Crippen molar-refractivity contribution in [1.82, 2.24) is 0 Å². The van der Waals surface area contributed by atoms with Gasteiger partial charge in [-0.25, -0.2) is 0 Å². The monoisotopic (exact) mass is 300 g/mol. The van der Waals surface area contributed by atoms with Crippen molar-refractivity contribution in [3.8, 4) is 5.75 Å². The highest BCUT2D eigenvalue weighted by Crippen LogP contribution is 2.32. The summed E-state index contributed by atoms with van der Waals surface area (Å²) >= 11 is 6.19. The molecule has 0 atom stereocenters. The van der Waals surface area contributed by atoms with Crippen molar-refractivity contribution in [3.05, 3.63) is 28.3 Å². The summed E-state index contributed by atoms with van der Waals surface area (Å²) in [7, 11) is 0. The van der Waals surface area contributed by atoms with E-state index in [9.17, 15) is 0 Å². The Balaban J connectivity index is 2.82. The van der Waals surface area contributed by atoms with Crippen LogP contribution in [0.3, 0.4) is 0 Å². The molecule has 114 valence electrons. The molecule has 20 heavy (non-hydrogen) atoms. The van der Waals surface area contributed by atoms with Crippen LogP contribution in [0.15, 0.2) is 12.1 Å². The van der Waals surface area contributed by atoms with Crippen LogP contribution in [0.5, 0.6) is 5.75 Å². The van der Waals surface area contributed by atoms with Gasteiger partial charge in [-0.05, 0) is 49.9 Å². The van der Waals surface area contributed by atoms with E-state index in [-0.39, 0.29) is 6.29 Å². The number of halogens is 1. The maximum Gasteiger partial charge on any atom is 0.191 e. The number of ether oxygens (including phenoxy) is 3. The van der Waals surface area contributed by atoms with Gasteiger partial charge >= 0.3 is 0 Å². The zero-order valence-electron chi connectivity index (χ0n) is 13.0. The molecular formula is C16H25ClO3. The fourth-order valence-electron chi connectivity index (χ4n) is 1.92. The van der Waals surface area contributed by atoms with E-state index in [0.717, 1.165) is 21.9 Å². The van der Waals surface area contributed by atoms with Crippen LogP contribution < -0.4 is 4.74 Å². The second-order valence-corrected chi connectivity index (χ2v) is 5.35. The largest absolute Gasteiger partial charge is 0.488 e. The van der Waals surface area contributed by atoms with E-state index in [0.29, 0.717) is 25.7 Å². The Morgan fingerprint density at radius 3 is 2.20 bits per heavy atom. The standard InChI is InChI=1S/C16H25ClO3/c1-6-18-16(19-7-2)10-20-15-8-12(5)14(17)9-13(15)11(3)4/h8-9,11,16H,6-7,10H2,1-5H3. The predicted octanol–water partition coefficient (Wildman–Crippen LogP) is 4.55. The number of rotatable bonds is 8. The van der Waals surface area contributed by atoms with Gasteiger partial charge < -0.3 is 14.2 Å². The topological polar surface area (TPSA) is 27.7 Å². The summed E-state index contributed by atoms with van der Waals surface area (Å²) in [5.41, 5.74) is 2.11. The van der Waals surface area contributed by atoms with E-state index in [1.54, 1.807) is 0 Å². The summed E-state index contributed by atoms with van der Waals surface area (Å²) in [5, 5.41) is 0.771. The van der Waals surface area contributed by atoms with E-state index in [2.05, 4.69) is 13.8 Å². The molecule has 0 spiro atoms. The van der Waals surface area contributed by atoms with E-state index >= 15 is 0 Å². The lowest BCUT2D eigenvalue weighted by atomic mass is 10.0. The van der Waals surface area contributed by atoms with Crippen molar-refractivity contribution in [2.75, 3.05) is 19.8 Å². The number of benzene rings is 1. The van der Waals surface area contributed by atoms with E-state index < -0.39 is 0 Å². The van der Waals surface area contributed by atoms with Crippen LogP contribution in [0.1, 0.15) is 44.7 Å². The second-order valence-electron chi connectivity index (χ2n) is 4.95. The summed E-state index contributed by atoms with van der Waals surface area (Å²) in [5.74, 6) is 1.20. The van der Waals surface area contributed by atoms with Gasteiger partial charge in [0.05, 0.1) is 0 Å². The minimum atomic E-state index is -0.332. The third kappa shape index (κ3) is 4.97. The molecule has 0 bridgehead atoms. The zero-order chi connectivity index (χ0) is 15.1. The van der Waals surface area contributed by atoms with Crippen molar-refractivity contribution in [2.45, 2.75) is 46.8 Å². The summed E-state index contributed by atoms with van der Waals surface area (Å²) < 4.78 is 16.9.